The monoisotopic (exact) mass is 374 g/mol. The minimum atomic E-state index is -4.93. The first-order chi connectivity index (χ1) is 12.1. The first kappa shape index (κ1) is 19.2. The number of carbonyl (C=O) groups excluding carboxylic acids is 2. The largest absolute Gasteiger partial charge is 0.514 e. The van der Waals surface area contributed by atoms with Gasteiger partial charge in [-0.2, -0.15) is 13.2 Å². The third-order valence-electron chi connectivity index (χ3n) is 3.76. The van der Waals surface area contributed by atoms with E-state index in [0.29, 0.717) is 0 Å². The lowest BCUT2D eigenvalue weighted by atomic mass is 10.0. The van der Waals surface area contributed by atoms with Crippen LogP contribution in [0.25, 0.3) is 0 Å². The van der Waals surface area contributed by atoms with Crippen molar-refractivity contribution < 1.29 is 37.2 Å². The van der Waals surface area contributed by atoms with Crippen LogP contribution >= 0.6 is 0 Å². The van der Waals surface area contributed by atoms with Crippen LogP contribution in [0.15, 0.2) is 36.9 Å². The van der Waals surface area contributed by atoms with Crippen molar-refractivity contribution >= 4 is 17.7 Å². The van der Waals surface area contributed by atoms with Crippen LogP contribution in [-0.2, 0) is 9.53 Å². The molecule has 1 unspecified atom stereocenters. The number of ether oxygens (including phenoxy) is 2. The van der Waals surface area contributed by atoms with E-state index in [1.807, 2.05) is 0 Å². The van der Waals surface area contributed by atoms with Gasteiger partial charge in [-0.05, 0) is 18.2 Å². The Balaban J connectivity index is 2.11. The SMILES string of the molecule is C=CC(=O)N1CCC(OC(=O)Oc2ccc([N+](=O)[O-])cc2)(C(F)(F)F)C1. The minimum absolute atomic E-state index is 0.227. The molecule has 1 atom stereocenters. The van der Waals surface area contributed by atoms with Crippen molar-refractivity contribution in [3.8, 4) is 5.75 Å². The molecule has 1 aromatic rings. The predicted octanol–water partition coefficient (Wildman–Crippen LogP) is 2.83. The Hall–Kier alpha value is -3.11. The van der Waals surface area contributed by atoms with E-state index in [1.54, 1.807) is 0 Å². The number of alkyl halides is 3. The van der Waals surface area contributed by atoms with Crippen LogP contribution in [0, 0.1) is 10.1 Å². The van der Waals surface area contributed by atoms with Gasteiger partial charge in [-0.1, -0.05) is 6.58 Å². The summed E-state index contributed by atoms with van der Waals surface area (Å²) in [6.45, 7) is 2.05. The highest BCUT2D eigenvalue weighted by atomic mass is 19.4. The summed E-state index contributed by atoms with van der Waals surface area (Å²) >= 11 is 0. The highest BCUT2D eigenvalue weighted by Crippen LogP contribution is 2.41. The Morgan fingerprint density at radius 2 is 1.92 bits per heavy atom. The molecule has 0 aliphatic carbocycles. The van der Waals surface area contributed by atoms with Crippen LogP contribution in [0.4, 0.5) is 23.7 Å². The zero-order valence-corrected chi connectivity index (χ0v) is 13.2. The van der Waals surface area contributed by atoms with E-state index in [0.717, 1.165) is 35.2 Å². The molecule has 1 aromatic carbocycles. The maximum atomic E-state index is 13.4. The van der Waals surface area contributed by atoms with E-state index in [2.05, 4.69) is 16.1 Å². The van der Waals surface area contributed by atoms with Crippen molar-refractivity contribution in [1.29, 1.82) is 0 Å². The van der Waals surface area contributed by atoms with Crippen LogP contribution < -0.4 is 4.74 Å². The topological polar surface area (TPSA) is 99.0 Å². The van der Waals surface area contributed by atoms with E-state index in [9.17, 15) is 32.9 Å². The second kappa shape index (κ2) is 7.02. The van der Waals surface area contributed by atoms with Gasteiger partial charge in [-0.15, -0.1) is 0 Å². The molecule has 1 heterocycles. The minimum Gasteiger partial charge on any atom is -0.416 e. The third kappa shape index (κ3) is 3.92. The van der Waals surface area contributed by atoms with Crippen molar-refractivity contribution in [2.75, 3.05) is 13.1 Å². The van der Waals surface area contributed by atoms with Gasteiger partial charge in [0.25, 0.3) is 5.69 Å². The molecule has 2 rings (SSSR count). The Bertz CT molecular complexity index is 734. The number of rotatable bonds is 4. The summed E-state index contributed by atoms with van der Waals surface area (Å²) in [6, 6.07) is 4.12. The number of carbonyl (C=O) groups is 2. The molecule has 0 spiro atoms. The van der Waals surface area contributed by atoms with Crippen LogP contribution in [-0.4, -0.2) is 46.8 Å². The highest BCUT2D eigenvalue weighted by Gasteiger charge is 2.62. The second-order valence-electron chi connectivity index (χ2n) is 5.41. The molecule has 1 amide bonds. The molecule has 140 valence electrons. The van der Waals surface area contributed by atoms with E-state index in [4.69, 9.17) is 0 Å². The number of halogens is 3. The fraction of sp³-hybridized carbons (Fsp3) is 0.333. The highest BCUT2D eigenvalue weighted by molar-refractivity contribution is 5.87. The molecule has 26 heavy (non-hydrogen) atoms. The number of non-ortho nitro benzene ring substituents is 1. The van der Waals surface area contributed by atoms with E-state index in [1.165, 1.54) is 0 Å². The maximum Gasteiger partial charge on any atom is 0.514 e. The number of benzene rings is 1. The number of nitrogens with zero attached hydrogens (tertiary/aromatic N) is 2. The molecule has 0 radical (unpaired) electrons. The van der Waals surface area contributed by atoms with Gasteiger partial charge < -0.3 is 14.4 Å². The average Bonchev–Trinajstić information content (AvgIpc) is 2.99. The summed E-state index contributed by atoms with van der Waals surface area (Å²) in [5.41, 5.74) is -3.18. The van der Waals surface area contributed by atoms with Crippen LogP contribution in [0.5, 0.6) is 5.75 Å². The molecule has 1 saturated heterocycles. The van der Waals surface area contributed by atoms with Gasteiger partial charge in [0, 0.05) is 25.1 Å². The number of nitro benzene ring substituents is 1. The summed E-state index contributed by atoms with van der Waals surface area (Å²) in [5.74, 6) is -0.946. The molecule has 0 saturated carbocycles. The molecule has 1 aliphatic rings. The van der Waals surface area contributed by atoms with Crippen molar-refractivity contribution in [2.45, 2.75) is 18.2 Å². The molecular formula is C15H13F3N2O6. The van der Waals surface area contributed by atoms with E-state index in [-0.39, 0.29) is 18.0 Å². The molecule has 1 fully saturated rings. The molecule has 0 aromatic heterocycles. The molecular weight excluding hydrogens is 361 g/mol. The number of hydrogen-bond donors (Lipinski definition) is 0. The third-order valence-corrected chi connectivity index (χ3v) is 3.76. The zero-order chi connectivity index (χ0) is 19.5. The molecule has 11 heteroatoms. The van der Waals surface area contributed by atoms with E-state index < -0.39 is 41.7 Å². The summed E-state index contributed by atoms with van der Waals surface area (Å²) < 4.78 is 49.4. The van der Waals surface area contributed by atoms with Gasteiger partial charge >= 0.3 is 12.3 Å². The number of likely N-dealkylation sites (tertiary alicyclic amines) is 1. The van der Waals surface area contributed by atoms with Gasteiger partial charge in [-0.25, -0.2) is 4.79 Å². The van der Waals surface area contributed by atoms with Crippen molar-refractivity contribution in [2.24, 2.45) is 0 Å². The number of hydrogen-bond acceptors (Lipinski definition) is 6. The van der Waals surface area contributed by atoms with Crippen molar-refractivity contribution in [3.63, 3.8) is 0 Å². The molecule has 0 N–H and O–H groups in total. The first-order valence-corrected chi connectivity index (χ1v) is 7.21. The average molecular weight is 374 g/mol. The lowest BCUT2D eigenvalue weighted by Crippen LogP contribution is -2.51. The number of amides is 1. The van der Waals surface area contributed by atoms with Crippen molar-refractivity contribution in [1.82, 2.24) is 4.90 Å². The Kier molecular flexibility index (Phi) is 5.19. The molecule has 1 aliphatic heterocycles. The molecule has 0 bridgehead atoms. The quantitative estimate of drug-likeness (QED) is 0.264. The lowest BCUT2D eigenvalue weighted by Gasteiger charge is -2.30. The summed E-state index contributed by atoms with van der Waals surface area (Å²) in [4.78, 5) is 34.0. The summed E-state index contributed by atoms with van der Waals surface area (Å²) in [6.07, 6.45) is -6.35. The van der Waals surface area contributed by atoms with Crippen LogP contribution in [0.1, 0.15) is 6.42 Å². The second-order valence-corrected chi connectivity index (χ2v) is 5.41. The lowest BCUT2D eigenvalue weighted by molar-refractivity contribution is -0.384. The predicted molar refractivity (Wildman–Crippen MR) is 80.4 cm³/mol. The zero-order valence-electron chi connectivity index (χ0n) is 13.2. The van der Waals surface area contributed by atoms with Gasteiger partial charge in [-0.3, -0.25) is 14.9 Å². The maximum absolute atomic E-state index is 13.4. The first-order valence-electron chi connectivity index (χ1n) is 7.21. The van der Waals surface area contributed by atoms with Gasteiger partial charge in [0.2, 0.25) is 11.5 Å². The van der Waals surface area contributed by atoms with Gasteiger partial charge in [0.15, 0.2) is 0 Å². The van der Waals surface area contributed by atoms with Crippen LogP contribution in [0.2, 0.25) is 0 Å². The fourth-order valence-corrected chi connectivity index (χ4v) is 2.38. The Morgan fingerprint density at radius 1 is 1.31 bits per heavy atom. The number of nitro groups is 1. The van der Waals surface area contributed by atoms with Gasteiger partial charge in [0.1, 0.15) is 5.75 Å². The Labute approximate surface area is 144 Å². The van der Waals surface area contributed by atoms with Crippen LogP contribution in [0.3, 0.4) is 0 Å². The summed E-state index contributed by atoms with van der Waals surface area (Å²) in [7, 11) is 0. The normalized spacial score (nSPS) is 19.7. The molecule has 8 nitrogen and oxygen atoms in total. The summed E-state index contributed by atoms with van der Waals surface area (Å²) in [5, 5.41) is 10.5. The fourth-order valence-electron chi connectivity index (χ4n) is 2.38. The standard InChI is InChI=1S/C15H13F3N2O6/c1-2-12(21)19-8-7-14(9-19,15(16,17)18)26-13(22)25-11-5-3-10(4-6-11)20(23)24/h2-6H,1,7-9H2. The van der Waals surface area contributed by atoms with Crippen molar-refractivity contribution in [3.05, 3.63) is 47.0 Å². The Morgan fingerprint density at radius 3 is 2.42 bits per heavy atom. The van der Waals surface area contributed by atoms with E-state index >= 15 is 0 Å². The smallest absolute Gasteiger partial charge is 0.416 e. The van der Waals surface area contributed by atoms with Gasteiger partial charge in [0.05, 0.1) is 11.5 Å².